The summed E-state index contributed by atoms with van der Waals surface area (Å²) in [5, 5.41) is 6.69. The summed E-state index contributed by atoms with van der Waals surface area (Å²) < 4.78 is 0. The average molecular weight is 370 g/mol. The monoisotopic (exact) mass is 369 g/mol. The predicted octanol–water partition coefficient (Wildman–Crippen LogP) is 5.96. The van der Waals surface area contributed by atoms with E-state index in [1.165, 1.54) is 6.42 Å². The van der Waals surface area contributed by atoms with E-state index < -0.39 is 0 Å². The van der Waals surface area contributed by atoms with E-state index in [0.717, 1.165) is 53.5 Å². The molecule has 3 rings (SSSR count). The minimum absolute atomic E-state index is 0.388. The Morgan fingerprint density at radius 2 is 1.77 bits per heavy atom. The molecule has 0 fully saturated rings. The molecule has 1 atom stereocenters. The van der Waals surface area contributed by atoms with Crippen LogP contribution in [0.15, 0.2) is 42.5 Å². The van der Waals surface area contributed by atoms with Crippen LogP contribution in [0.2, 0.25) is 5.02 Å². The van der Waals surface area contributed by atoms with E-state index in [4.69, 9.17) is 16.6 Å². The summed E-state index contributed by atoms with van der Waals surface area (Å²) in [6.45, 7) is 10.1. The van der Waals surface area contributed by atoms with Crippen molar-refractivity contribution in [2.24, 2.45) is 0 Å². The molecule has 1 aromatic heterocycles. The second-order valence-electron chi connectivity index (χ2n) is 6.85. The third-order valence-electron chi connectivity index (χ3n) is 5.06. The Kier molecular flexibility index (Phi) is 6.33. The molecule has 1 N–H and O–H groups in total. The molecule has 0 amide bonds. The van der Waals surface area contributed by atoms with Crippen molar-refractivity contribution in [1.29, 1.82) is 0 Å². The Hall–Kier alpha value is -1.84. The fraction of sp³-hybridized carbons (Fsp3) is 0.409. The van der Waals surface area contributed by atoms with E-state index in [1.54, 1.807) is 0 Å². The molecule has 0 aliphatic heterocycles. The molecule has 1 unspecified atom stereocenters. The van der Waals surface area contributed by atoms with E-state index >= 15 is 0 Å². The van der Waals surface area contributed by atoms with E-state index in [1.807, 2.05) is 24.3 Å². The van der Waals surface area contributed by atoms with Crippen LogP contribution in [0, 0.1) is 0 Å². The number of rotatable bonds is 8. The maximum Gasteiger partial charge on any atom is 0.0916 e. The first kappa shape index (κ1) is 18.9. The van der Waals surface area contributed by atoms with Crippen LogP contribution >= 0.6 is 11.6 Å². The number of pyridine rings is 1. The lowest BCUT2D eigenvalue weighted by molar-refractivity contribution is 0.295. The molecule has 0 saturated carbocycles. The number of benzene rings is 2. The van der Waals surface area contributed by atoms with Gasteiger partial charge in [-0.2, -0.15) is 0 Å². The van der Waals surface area contributed by atoms with Gasteiger partial charge in [0.15, 0.2) is 0 Å². The molecule has 2 aromatic carbocycles. The highest BCUT2D eigenvalue weighted by atomic mass is 35.5. The Balaban J connectivity index is 1.87. The number of aromatic nitrogens is 1. The van der Waals surface area contributed by atoms with Crippen molar-refractivity contribution in [3.63, 3.8) is 0 Å². The number of anilines is 1. The number of fused-ring (bicyclic) bond motifs is 2. The van der Waals surface area contributed by atoms with E-state index in [-0.39, 0.29) is 0 Å². The maximum absolute atomic E-state index is 6.42. The number of para-hydroxylation sites is 2. The topological polar surface area (TPSA) is 28.2 Å². The molecule has 0 radical (unpaired) electrons. The minimum Gasteiger partial charge on any atom is -0.381 e. The smallest absolute Gasteiger partial charge is 0.0916 e. The summed E-state index contributed by atoms with van der Waals surface area (Å²) in [6.07, 6.45) is 2.33. The molecule has 0 aliphatic carbocycles. The van der Waals surface area contributed by atoms with Crippen molar-refractivity contribution >= 4 is 39.1 Å². The van der Waals surface area contributed by atoms with Crippen LogP contribution in [0.3, 0.4) is 0 Å². The van der Waals surface area contributed by atoms with Crippen LogP contribution in [0.1, 0.15) is 33.6 Å². The van der Waals surface area contributed by atoms with Crippen molar-refractivity contribution in [3.05, 3.63) is 47.5 Å². The van der Waals surface area contributed by atoms with E-state index in [9.17, 15) is 0 Å². The van der Waals surface area contributed by atoms with Crippen LogP contribution < -0.4 is 5.32 Å². The van der Waals surface area contributed by atoms with Crippen LogP contribution in [0.5, 0.6) is 0 Å². The highest BCUT2D eigenvalue weighted by Gasteiger charge is 2.13. The number of halogens is 1. The van der Waals surface area contributed by atoms with Gasteiger partial charge in [-0.05, 0) is 51.5 Å². The summed E-state index contributed by atoms with van der Waals surface area (Å²) in [5.41, 5.74) is 2.99. The zero-order valence-corrected chi connectivity index (χ0v) is 16.7. The maximum atomic E-state index is 6.42. The molecule has 1 heterocycles. The Labute approximate surface area is 161 Å². The van der Waals surface area contributed by atoms with Gasteiger partial charge in [0, 0.05) is 16.8 Å². The Morgan fingerprint density at radius 3 is 2.54 bits per heavy atom. The molecule has 0 aliphatic rings. The first-order valence-corrected chi connectivity index (χ1v) is 9.97. The van der Waals surface area contributed by atoms with Crippen molar-refractivity contribution in [2.45, 2.75) is 39.7 Å². The molecule has 0 saturated heterocycles. The highest BCUT2D eigenvalue weighted by molar-refractivity contribution is 6.35. The minimum atomic E-state index is 0.388. The normalized spacial score (nSPS) is 12.8. The molecule has 0 spiro atoms. The zero-order valence-electron chi connectivity index (χ0n) is 15.9. The number of hydrogen-bond donors (Lipinski definition) is 1. The SMILES string of the molecule is CCN(CC)CCCC(C)Nc1c2ccccc2nc2c(Cl)cccc12. The van der Waals surface area contributed by atoms with Gasteiger partial charge in [0.2, 0.25) is 0 Å². The average Bonchev–Trinajstić information content (AvgIpc) is 2.66. The molecular formula is C22H28ClN3. The Bertz CT molecular complexity index is 874. The van der Waals surface area contributed by atoms with Gasteiger partial charge in [0.25, 0.3) is 0 Å². The first-order valence-electron chi connectivity index (χ1n) is 9.59. The van der Waals surface area contributed by atoms with Crippen molar-refractivity contribution in [1.82, 2.24) is 9.88 Å². The molecular weight excluding hydrogens is 342 g/mol. The van der Waals surface area contributed by atoms with Gasteiger partial charge in [0.1, 0.15) is 0 Å². The van der Waals surface area contributed by atoms with Gasteiger partial charge >= 0.3 is 0 Å². The largest absolute Gasteiger partial charge is 0.381 e. The summed E-state index contributed by atoms with van der Waals surface area (Å²) in [7, 11) is 0. The summed E-state index contributed by atoms with van der Waals surface area (Å²) in [4.78, 5) is 7.25. The van der Waals surface area contributed by atoms with Gasteiger partial charge in [-0.25, -0.2) is 4.98 Å². The molecule has 4 heteroatoms. The molecule has 3 aromatic rings. The van der Waals surface area contributed by atoms with Crippen LogP contribution in [-0.2, 0) is 0 Å². The van der Waals surface area contributed by atoms with Crippen molar-refractivity contribution < 1.29 is 0 Å². The van der Waals surface area contributed by atoms with E-state index in [0.29, 0.717) is 11.1 Å². The Morgan fingerprint density at radius 1 is 1.04 bits per heavy atom. The third kappa shape index (κ3) is 4.11. The predicted molar refractivity (Wildman–Crippen MR) is 114 cm³/mol. The van der Waals surface area contributed by atoms with Crippen LogP contribution in [-0.4, -0.2) is 35.6 Å². The standard InChI is InChI=1S/C22H28ClN3/c1-4-26(5-2)15-9-10-16(3)24-21-17-11-6-7-14-20(17)25-22-18(21)12-8-13-19(22)23/h6-8,11-14,16H,4-5,9-10,15H2,1-3H3,(H,24,25). The summed E-state index contributed by atoms with van der Waals surface area (Å²) in [6, 6.07) is 14.7. The lowest BCUT2D eigenvalue weighted by atomic mass is 10.1. The van der Waals surface area contributed by atoms with Crippen LogP contribution in [0.4, 0.5) is 5.69 Å². The molecule has 26 heavy (non-hydrogen) atoms. The van der Waals surface area contributed by atoms with Gasteiger partial charge in [0.05, 0.1) is 21.7 Å². The molecule has 0 bridgehead atoms. The second kappa shape index (κ2) is 8.70. The second-order valence-corrected chi connectivity index (χ2v) is 7.26. The van der Waals surface area contributed by atoms with Gasteiger partial charge in [-0.1, -0.05) is 55.8 Å². The lowest BCUT2D eigenvalue weighted by Gasteiger charge is -2.21. The fourth-order valence-corrected chi connectivity index (χ4v) is 3.73. The lowest BCUT2D eigenvalue weighted by Crippen LogP contribution is -2.25. The van der Waals surface area contributed by atoms with Crippen molar-refractivity contribution in [3.8, 4) is 0 Å². The van der Waals surface area contributed by atoms with E-state index in [2.05, 4.69) is 49.2 Å². The van der Waals surface area contributed by atoms with Crippen molar-refractivity contribution in [2.75, 3.05) is 25.0 Å². The highest BCUT2D eigenvalue weighted by Crippen LogP contribution is 2.34. The number of nitrogens with zero attached hydrogens (tertiary/aromatic N) is 2. The summed E-state index contributed by atoms with van der Waals surface area (Å²) >= 11 is 6.42. The van der Waals surface area contributed by atoms with Gasteiger partial charge in [-0.3, -0.25) is 0 Å². The fourth-order valence-electron chi connectivity index (χ4n) is 3.51. The first-order chi connectivity index (χ1) is 12.6. The molecule has 3 nitrogen and oxygen atoms in total. The molecule has 138 valence electrons. The zero-order chi connectivity index (χ0) is 18.5. The third-order valence-corrected chi connectivity index (χ3v) is 5.36. The van der Waals surface area contributed by atoms with Crippen LogP contribution in [0.25, 0.3) is 21.8 Å². The summed E-state index contributed by atoms with van der Waals surface area (Å²) in [5.74, 6) is 0. The quantitative estimate of drug-likeness (QED) is 0.496. The van der Waals surface area contributed by atoms with Gasteiger partial charge < -0.3 is 10.2 Å². The number of hydrogen-bond acceptors (Lipinski definition) is 3. The number of nitrogens with one attached hydrogen (secondary N) is 1. The van der Waals surface area contributed by atoms with Gasteiger partial charge in [-0.15, -0.1) is 0 Å².